The molecule has 1 fully saturated rings. The summed E-state index contributed by atoms with van der Waals surface area (Å²) in [6.45, 7) is 1.99. The third-order valence-corrected chi connectivity index (χ3v) is 7.33. The average molecular weight is 398 g/mol. The summed E-state index contributed by atoms with van der Waals surface area (Å²) in [5.74, 6) is 0.102. The van der Waals surface area contributed by atoms with Crippen LogP contribution in [0, 0.1) is 0 Å². The molecule has 0 aromatic carbocycles. The molecule has 2 aromatic heterocycles. The van der Waals surface area contributed by atoms with Crippen LogP contribution in [0.5, 0.6) is 0 Å². The van der Waals surface area contributed by atoms with Crippen molar-refractivity contribution in [2.45, 2.75) is 23.7 Å². The first kappa shape index (κ1) is 19.0. The van der Waals surface area contributed by atoms with Crippen LogP contribution in [-0.2, 0) is 17.1 Å². The van der Waals surface area contributed by atoms with Crippen LogP contribution >= 0.6 is 11.3 Å². The molecule has 142 valence electrons. The second-order valence-electron chi connectivity index (χ2n) is 6.51. The van der Waals surface area contributed by atoms with E-state index in [0.29, 0.717) is 11.0 Å². The Kier molecular flexibility index (Phi) is 5.47. The van der Waals surface area contributed by atoms with E-state index >= 15 is 0 Å². The van der Waals surface area contributed by atoms with Gasteiger partial charge in [0, 0.05) is 38.4 Å². The van der Waals surface area contributed by atoms with Crippen molar-refractivity contribution in [2.24, 2.45) is 7.05 Å². The zero-order valence-electron chi connectivity index (χ0n) is 15.0. The highest BCUT2D eigenvalue weighted by atomic mass is 32.2. The van der Waals surface area contributed by atoms with Crippen molar-refractivity contribution in [3.63, 3.8) is 0 Å². The van der Waals surface area contributed by atoms with E-state index in [1.165, 1.54) is 47.1 Å². The largest absolute Gasteiger partial charge is 0.345 e. The second-order valence-corrected chi connectivity index (χ2v) is 9.72. The van der Waals surface area contributed by atoms with Gasteiger partial charge in [-0.1, -0.05) is 0 Å². The van der Waals surface area contributed by atoms with E-state index in [2.05, 4.69) is 15.6 Å². The normalized spacial score (nSPS) is 16.2. The molecule has 1 aliphatic rings. The van der Waals surface area contributed by atoms with Crippen molar-refractivity contribution >= 4 is 32.4 Å². The van der Waals surface area contributed by atoms with Crippen LogP contribution in [0.25, 0.3) is 0 Å². The Labute approximate surface area is 157 Å². The van der Waals surface area contributed by atoms with Crippen LogP contribution in [0.4, 0.5) is 5.13 Å². The molecule has 0 atom stereocenters. The number of rotatable bonds is 5. The van der Waals surface area contributed by atoms with Crippen molar-refractivity contribution in [1.29, 1.82) is 0 Å². The minimum absolute atomic E-state index is 0.0877. The lowest BCUT2D eigenvalue weighted by atomic mass is 9.97. The fraction of sp³-hybridized carbons (Fsp3) is 0.500. The monoisotopic (exact) mass is 397 g/mol. The fourth-order valence-electron chi connectivity index (χ4n) is 2.91. The molecule has 2 aromatic rings. The average Bonchev–Trinajstić information content (AvgIpc) is 3.22. The first-order chi connectivity index (χ1) is 12.3. The number of aromatic nitrogens is 2. The first-order valence-corrected chi connectivity index (χ1v) is 10.6. The quantitative estimate of drug-likeness (QED) is 0.796. The predicted octanol–water partition coefficient (Wildman–Crippen LogP) is 1.45. The van der Waals surface area contributed by atoms with Gasteiger partial charge in [0.15, 0.2) is 5.13 Å². The third kappa shape index (κ3) is 3.83. The zero-order valence-corrected chi connectivity index (χ0v) is 16.7. The van der Waals surface area contributed by atoms with E-state index in [4.69, 9.17) is 0 Å². The van der Waals surface area contributed by atoms with Crippen LogP contribution in [-0.4, -0.2) is 55.4 Å². The molecule has 0 saturated carbocycles. The van der Waals surface area contributed by atoms with Crippen LogP contribution in [0.2, 0.25) is 0 Å². The summed E-state index contributed by atoms with van der Waals surface area (Å²) < 4.78 is 27.1. The summed E-state index contributed by atoms with van der Waals surface area (Å²) in [5.41, 5.74) is 0.268. The number of aryl methyl sites for hydroxylation is 1. The van der Waals surface area contributed by atoms with E-state index in [1.807, 2.05) is 6.20 Å². The minimum atomic E-state index is -3.58. The highest BCUT2D eigenvalue weighted by Gasteiger charge is 2.23. The van der Waals surface area contributed by atoms with Gasteiger partial charge in [-0.05, 0) is 37.9 Å². The Morgan fingerprint density at radius 1 is 1.38 bits per heavy atom. The van der Waals surface area contributed by atoms with Gasteiger partial charge in [0.25, 0.3) is 5.91 Å². The minimum Gasteiger partial charge on any atom is -0.345 e. The maximum Gasteiger partial charge on any atom is 0.274 e. The molecule has 0 bridgehead atoms. The Hall–Kier alpha value is -1.75. The molecule has 3 heterocycles. The predicted molar refractivity (Wildman–Crippen MR) is 101 cm³/mol. The van der Waals surface area contributed by atoms with Gasteiger partial charge in [0.05, 0.1) is 0 Å². The number of sulfonamides is 1. The van der Waals surface area contributed by atoms with E-state index in [1.54, 1.807) is 7.05 Å². The lowest BCUT2D eigenvalue weighted by Gasteiger charge is -2.20. The molecule has 0 aliphatic carbocycles. The molecule has 10 heteroatoms. The van der Waals surface area contributed by atoms with Gasteiger partial charge in [-0.2, -0.15) is 0 Å². The second kappa shape index (κ2) is 7.47. The number of carbonyl (C=O) groups is 1. The Bertz CT molecular complexity index is 895. The topological polar surface area (TPSA) is 96.3 Å². The first-order valence-electron chi connectivity index (χ1n) is 8.35. The lowest BCUT2D eigenvalue weighted by molar-refractivity contribution is 0.101. The molecule has 0 spiro atoms. The molecule has 3 rings (SSSR count). The van der Waals surface area contributed by atoms with Gasteiger partial charge in [0.2, 0.25) is 10.0 Å². The molecule has 8 nitrogen and oxygen atoms in total. The highest BCUT2D eigenvalue weighted by Crippen LogP contribution is 2.31. The van der Waals surface area contributed by atoms with Crippen molar-refractivity contribution in [3.05, 3.63) is 29.0 Å². The number of hydrogen-bond acceptors (Lipinski definition) is 6. The number of hydrogen-bond donors (Lipinski definition) is 2. The SMILES string of the molecule is CN(C)S(=O)(=O)c1cc(C(=O)Nc2ncc(C3CCNCC3)s2)n(C)c1. The van der Waals surface area contributed by atoms with E-state index in [9.17, 15) is 13.2 Å². The van der Waals surface area contributed by atoms with E-state index in [-0.39, 0.29) is 16.5 Å². The lowest BCUT2D eigenvalue weighted by Crippen LogP contribution is -2.26. The number of piperidine rings is 1. The summed E-state index contributed by atoms with van der Waals surface area (Å²) >= 11 is 1.48. The molecule has 1 aliphatic heterocycles. The molecule has 1 amide bonds. The van der Waals surface area contributed by atoms with Gasteiger partial charge in [-0.15, -0.1) is 11.3 Å². The summed E-state index contributed by atoms with van der Waals surface area (Å²) in [4.78, 5) is 18.1. The standard InChI is InChI=1S/C16H23N5O3S2/c1-20(2)26(23,24)12-8-13(21(3)10-12)15(22)19-16-18-9-14(25-16)11-4-6-17-7-5-11/h8-11,17H,4-7H2,1-3H3,(H,18,19,22). The highest BCUT2D eigenvalue weighted by molar-refractivity contribution is 7.89. The van der Waals surface area contributed by atoms with Crippen LogP contribution in [0.1, 0.15) is 34.1 Å². The van der Waals surface area contributed by atoms with Gasteiger partial charge in [-0.25, -0.2) is 17.7 Å². The maximum atomic E-state index is 12.5. The van der Waals surface area contributed by atoms with Crippen LogP contribution < -0.4 is 10.6 Å². The Morgan fingerprint density at radius 2 is 2.08 bits per heavy atom. The number of nitrogens with one attached hydrogen (secondary N) is 2. The van der Waals surface area contributed by atoms with E-state index in [0.717, 1.165) is 30.2 Å². The molecule has 0 radical (unpaired) electrons. The number of nitrogens with zero attached hydrogens (tertiary/aromatic N) is 3. The van der Waals surface area contributed by atoms with E-state index < -0.39 is 10.0 Å². The summed E-state index contributed by atoms with van der Waals surface area (Å²) in [6, 6.07) is 1.38. The van der Waals surface area contributed by atoms with Crippen LogP contribution in [0.15, 0.2) is 23.4 Å². The number of amides is 1. The Balaban J connectivity index is 1.75. The number of anilines is 1. The number of carbonyl (C=O) groups excluding carboxylic acids is 1. The van der Waals surface area contributed by atoms with Crippen molar-refractivity contribution in [1.82, 2.24) is 19.2 Å². The van der Waals surface area contributed by atoms with Crippen molar-refractivity contribution < 1.29 is 13.2 Å². The van der Waals surface area contributed by atoms with Gasteiger partial charge >= 0.3 is 0 Å². The fourth-order valence-corrected chi connectivity index (χ4v) is 4.87. The van der Waals surface area contributed by atoms with Crippen molar-refractivity contribution in [2.75, 3.05) is 32.5 Å². The van der Waals surface area contributed by atoms with Crippen molar-refractivity contribution in [3.8, 4) is 0 Å². The van der Waals surface area contributed by atoms with Crippen LogP contribution in [0.3, 0.4) is 0 Å². The summed E-state index contributed by atoms with van der Waals surface area (Å²) in [5, 5.41) is 6.64. The smallest absolute Gasteiger partial charge is 0.274 e. The number of thiazole rings is 1. The molecular weight excluding hydrogens is 374 g/mol. The molecule has 0 unspecified atom stereocenters. The summed E-state index contributed by atoms with van der Waals surface area (Å²) in [6.07, 6.45) is 5.40. The molecular formula is C16H23N5O3S2. The molecule has 26 heavy (non-hydrogen) atoms. The third-order valence-electron chi connectivity index (χ3n) is 4.48. The van der Waals surface area contributed by atoms with Gasteiger partial charge in [0.1, 0.15) is 10.6 Å². The summed E-state index contributed by atoms with van der Waals surface area (Å²) in [7, 11) is 0.980. The van der Waals surface area contributed by atoms with Gasteiger partial charge in [-0.3, -0.25) is 10.1 Å². The zero-order chi connectivity index (χ0) is 18.9. The molecule has 1 saturated heterocycles. The maximum absolute atomic E-state index is 12.5. The Morgan fingerprint density at radius 3 is 2.73 bits per heavy atom. The molecule has 2 N–H and O–H groups in total. The van der Waals surface area contributed by atoms with Gasteiger partial charge < -0.3 is 9.88 Å².